The summed E-state index contributed by atoms with van der Waals surface area (Å²) >= 11 is 1.27. The van der Waals surface area contributed by atoms with Crippen molar-refractivity contribution in [1.82, 2.24) is 4.98 Å². The van der Waals surface area contributed by atoms with Gasteiger partial charge in [0.15, 0.2) is 11.2 Å². The molecule has 0 bridgehead atoms. The summed E-state index contributed by atoms with van der Waals surface area (Å²) in [7, 11) is 1.57. The predicted octanol–water partition coefficient (Wildman–Crippen LogP) is 1.13. The van der Waals surface area contributed by atoms with Gasteiger partial charge in [0.25, 0.3) is 5.91 Å². The molecule has 7 nitrogen and oxygen atoms in total. The molecule has 3 N–H and O–H groups in total. The fraction of sp³-hybridized carbons (Fsp3) is 0.308. The molecular formula is C13H15N3O4S. The largest absolute Gasteiger partial charge is 0.497 e. The SMILES string of the molecule is CCOC(=O)C(N)C(=O)Nc1nc2ccc(OC)cc2s1. The molecule has 2 aromatic rings. The van der Waals surface area contributed by atoms with Gasteiger partial charge in [-0.3, -0.25) is 4.79 Å². The molecule has 2 rings (SSSR count). The summed E-state index contributed by atoms with van der Waals surface area (Å²) in [4.78, 5) is 27.5. The number of hydrogen-bond donors (Lipinski definition) is 2. The molecule has 0 spiro atoms. The third-order valence-electron chi connectivity index (χ3n) is 2.65. The number of nitrogens with two attached hydrogens (primary N) is 1. The van der Waals surface area contributed by atoms with Gasteiger partial charge >= 0.3 is 5.97 Å². The Hall–Kier alpha value is -2.19. The van der Waals surface area contributed by atoms with Crippen LogP contribution in [0.15, 0.2) is 18.2 Å². The number of carbonyl (C=O) groups excluding carboxylic acids is 2. The van der Waals surface area contributed by atoms with Crippen molar-refractivity contribution < 1.29 is 19.1 Å². The number of methoxy groups -OCH3 is 1. The third kappa shape index (κ3) is 3.47. The molecule has 1 amide bonds. The molecule has 1 atom stereocenters. The zero-order chi connectivity index (χ0) is 15.4. The number of fused-ring (bicyclic) bond motifs is 1. The maximum Gasteiger partial charge on any atom is 0.332 e. The number of hydrogen-bond acceptors (Lipinski definition) is 7. The van der Waals surface area contributed by atoms with E-state index in [9.17, 15) is 9.59 Å². The molecule has 0 fully saturated rings. The average Bonchev–Trinajstić information content (AvgIpc) is 2.87. The summed E-state index contributed by atoms with van der Waals surface area (Å²) in [6.45, 7) is 1.81. The molecule has 8 heteroatoms. The van der Waals surface area contributed by atoms with Gasteiger partial charge in [0, 0.05) is 0 Å². The van der Waals surface area contributed by atoms with Crippen molar-refractivity contribution in [2.24, 2.45) is 5.73 Å². The first-order valence-electron chi connectivity index (χ1n) is 6.22. The first-order chi connectivity index (χ1) is 10.0. The Morgan fingerprint density at radius 3 is 2.90 bits per heavy atom. The summed E-state index contributed by atoms with van der Waals surface area (Å²) in [5.41, 5.74) is 6.23. The van der Waals surface area contributed by atoms with Gasteiger partial charge in [-0.05, 0) is 25.1 Å². The molecule has 1 aromatic heterocycles. The molecule has 1 aromatic carbocycles. The van der Waals surface area contributed by atoms with E-state index in [2.05, 4.69) is 10.3 Å². The Morgan fingerprint density at radius 1 is 1.48 bits per heavy atom. The molecule has 1 unspecified atom stereocenters. The second-order valence-electron chi connectivity index (χ2n) is 4.07. The minimum absolute atomic E-state index is 0.167. The molecule has 0 saturated carbocycles. The van der Waals surface area contributed by atoms with E-state index in [4.69, 9.17) is 15.2 Å². The van der Waals surface area contributed by atoms with Crippen LogP contribution in [0, 0.1) is 0 Å². The number of carbonyl (C=O) groups is 2. The van der Waals surface area contributed by atoms with Crippen LogP contribution in [0.25, 0.3) is 10.2 Å². The van der Waals surface area contributed by atoms with Crippen LogP contribution in [-0.4, -0.2) is 36.6 Å². The van der Waals surface area contributed by atoms with Crippen molar-refractivity contribution >= 4 is 38.6 Å². The summed E-state index contributed by atoms with van der Waals surface area (Å²) in [5, 5.41) is 2.87. The third-order valence-corrected chi connectivity index (χ3v) is 3.58. The fourth-order valence-electron chi connectivity index (χ4n) is 1.61. The van der Waals surface area contributed by atoms with E-state index in [0.29, 0.717) is 10.9 Å². The van der Waals surface area contributed by atoms with Crippen molar-refractivity contribution in [1.29, 1.82) is 0 Å². The van der Waals surface area contributed by atoms with E-state index in [1.165, 1.54) is 11.3 Å². The Balaban J connectivity index is 2.12. The second kappa shape index (κ2) is 6.51. The lowest BCUT2D eigenvalue weighted by atomic mass is 10.3. The molecule has 1 heterocycles. The summed E-state index contributed by atoms with van der Waals surface area (Å²) in [5.74, 6) is -0.718. The van der Waals surface area contributed by atoms with E-state index in [1.54, 1.807) is 26.2 Å². The van der Waals surface area contributed by atoms with E-state index in [1.807, 2.05) is 6.07 Å². The highest BCUT2D eigenvalue weighted by Gasteiger charge is 2.24. The molecule has 0 aliphatic carbocycles. The lowest BCUT2D eigenvalue weighted by Gasteiger charge is -2.09. The number of anilines is 1. The van der Waals surface area contributed by atoms with Crippen molar-refractivity contribution in [2.75, 3.05) is 19.0 Å². The number of esters is 1. The Bertz CT molecular complexity index is 670. The molecule has 0 aliphatic rings. The van der Waals surface area contributed by atoms with Crippen LogP contribution in [0.3, 0.4) is 0 Å². The minimum atomic E-state index is -1.37. The van der Waals surface area contributed by atoms with Gasteiger partial charge in [-0.15, -0.1) is 0 Å². The van der Waals surface area contributed by atoms with Gasteiger partial charge in [-0.2, -0.15) is 0 Å². The summed E-state index contributed by atoms with van der Waals surface area (Å²) < 4.78 is 10.7. The van der Waals surface area contributed by atoms with Crippen molar-refractivity contribution in [2.45, 2.75) is 13.0 Å². The average molecular weight is 309 g/mol. The standard InChI is InChI=1S/C13H15N3O4S/c1-3-20-12(18)10(14)11(17)16-13-15-8-5-4-7(19-2)6-9(8)21-13/h4-6,10H,3,14H2,1-2H3,(H,15,16,17). The van der Waals surface area contributed by atoms with Crippen molar-refractivity contribution in [3.05, 3.63) is 18.2 Å². The minimum Gasteiger partial charge on any atom is -0.497 e. The molecule has 0 radical (unpaired) electrons. The van der Waals surface area contributed by atoms with Crippen LogP contribution in [0.5, 0.6) is 5.75 Å². The van der Waals surface area contributed by atoms with E-state index in [-0.39, 0.29) is 6.61 Å². The van der Waals surface area contributed by atoms with Crippen LogP contribution < -0.4 is 15.8 Å². The lowest BCUT2D eigenvalue weighted by molar-refractivity contribution is -0.146. The van der Waals surface area contributed by atoms with Crippen LogP contribution in [0.1, 0.15) is 6.92 Å². The lowest BCUT2D eigenvalue weighted by Crippen LogP contribution is -2.43. The smallest absolute Gasteiger partial charge is 0.332 e. The number of rotatable bonds is 5. The zero-order valence-electron chi connectivity index (χ0n) is 11.6. The fourth-order valence-corrected chi connectivity index (χ4v) is 2.50. The predicted molar refractivity (Wildman–Crippen MR) is 79.4 cm³/mol. The quantitative estimate of drug-likeness (QED) is 0.634. The van der Waals surface area contributed by atoms with Gasteiger partial charge in [-0.1, -0.05) is 11.3 Å². The number of ether oxygens (including phenoxy) is 2. The zero-order valence-corrected chi connectivity index (χ0v) is 12.4. The highest BCUT2D eigenvalue weighted by atomic mass is 32.1. The molecular weight excluding hydrogens is 294 g/mol. The number of thiazole rings is 1. The van der Waals surface area contributed by atoms with Crippen molar-refractivity contribution in [3.63, 3.8) is 0 Å². The van der Waals surface area contributed by atoms with Crippen LogP contribution in [0.4, 0.5) is 5.13 Å². The van der Waals surface area contributed by atoms with Gasteiger partial charge in [0.1, 0.15) is 5.75 Å². The Kier molecular flexibility index (Phi) is 4.71. The van der Waals surface area contributed by atoms with Gasteiger partial charge < -0.3 is 20.5 Å². The second-order valence-corrected chi connectivity index (χ2v) is 5.10. The number of amides is 1. The van der Waals surface area contributed by atoms with E-state index >= 15 is 0 Å². The van der Waals surface area contributed by atoms with E-state index in [0.717, 1.165) is 10.2 Å². The highest BCUT2D eigenvalue weighted by Crippen LogP contribution is 2.29. The van der Waals surface area contributed by atoms with Crippen LogP contribution >= 0.6 is 11.3 Å². The molecule has 0 aliphatic heterocycles. The van der Waals surface area contributed by atoms with Crippen LogP contribution in [0.2, 0.25) is 0 Å². The topological polar surface area (TPSA) is 104 Å². The van der Waals surface area contributed by atoms with Crippen LogP contribution in [-0.2, 0) is 14.3 Å². The first kappa shape index (κ1) is 15.2. The normalized spacial score (nSPS) is 12.0. The molecule has 112 valence electrons. The van der Waals surface area contributed by atoms with Gasteiger partial charge in [-0.25, -0.2) is 9.78 Å². The van der Waals surface area contributed by atoms with Gasteiger partial charge in [0.2, 0.25) is 0 Å². The first-order valence-corrected chi connectivity index (χ1v) is 7.04. The number of nitrogens with one attached hydrogen (secondary N) is 1. The maximum atomic E-state index is 11.8. The van der Waals surface area contributed by atoms with Gasteiger partial charge in [0.05, 0.1) is 23.9 Å². The summed E-state index contributed by atoms with van der Waals surface area (Å²) in [6, 6.07) is 4.00. The highest BCUT2D eigenvalue weighted by molar-refractivity contribution is 7.22. The Morgan fingerprint density at radius 2 is 2.24 bits per heavy atom. The number of aromatic nitrogens is 1. The monoisotopic (exact) mass is 309 g/mol. The summed E-state index contributed by atoms with van der Waals surface area (Å²) in [6.07, 6.45) is 0. The molecule has 0 saturated heterocycles. The van der Waals surface area contributed by atoms with Crippen molar-refractivity contribution in [3.8, 4) is 5.75 Å². The Labute approximate surface area is 125 Å². The molecule has 21 heavy (non-hydrogen) atoms. The maximum absolute atomic E-state index is 11.8. The van der Waals surface area contributed by atoms with E-state index < -0.39 is 17.9 Å². The number of benzene rings is 1. The number of nitrogens with zero attached hydrogens (tertiary/aromatic N) is 1.